The third kappa shape index (κ3) is 9.60. The number of hydrogen-bond acceptors (Lipinski definition) is 6. The van der Waals surface area contributed by atoms with Gasteiger partial charge in [-0.25, -0.2) is 9.59 Å². The Hall–Kier alpha value is -5.34. The van der Waals surface area contributed by atoms with E-state index in [1.165, 1.54) is 55.2 Å². The van der Waals surface area contributed by atoms with Crippen molar-refractivity contribution >= 4 is 55.7 Å². The van der Waals surface area contributed by atoms with E-state index in [2.05, 4.69) is 0 Å². The lowest BCUT2D eigenvalue weighted by molar-refractivity contribution is -0.162. The third-order valence-corrected chi connectivity index (χ3v) is 11.8. The molecule has 0 saturated heterocycles. The van der Waals surface area contributed by atoms with Crippen molar-refractivity contribution in [2.24, 2.45) is 5.92 Å². The fraction of sp³-hybridized carbons (Fsp3) is 0.220. The lowest BCUT2D eigenvalue weighted by Crippen LogP contribution is -2.26. The summed E-state index contributed by atoms with van der Waals surface area (Å²) in [6.07, 6.45) is -21.1. The van der Waals surface area contributed by atoms with Crippen LogP contribution in [0, 0.1) is 5.92 Å². The second-order valence-electron chi connectivity index (χ2n) is 13.4. The van der Waals surface area contributed by atoms with Crippen molar-refractivity contribution in [3.63, 3.8) is 0 Å². The van der Waals surface area contributed by atoms with E-state index in [-0.39, 0.29) is 44.8 Å². The van der Waals surface area contributed by atoms with Crippen molar-refractivity contribution < 1.29 is 80.8 Å². The van der Waals surface area contributed by atoms with Gasteiger partial charge in [-0.05, 0) is 76.4 Å². The number of allylic oxidation sites excluding steroid dienone is 4. The number of carbonyl (C=O) groups is 2. The fourth-order valence-corrected chi connectivity index (χ4v) is 8.81. The summed E-state index contributed by atoms with van der Waals surface area (Å²) in [6.45, 7) is 1.21. The molecule has 0 radical (unpaired) electrons. The first-order valence-electron chi connectivity index (χ1n) is 17.4. The van der Waals surface area contributed by atoms with Crippen LogP contribution in [-0.4, -0.2) is 45.2 Å². The van der Waals surface area contributed by atoms with E-state index in [1.807, 2.05) is 0 Å². The highest BCUT2D eigenvalue weighted by Gasteiger charge is 2.45. The van der Waals surface area contributed by atoms with Crippen LogP contribution in [0.4, 0.5) is 52.7 Å². The highest BCUT2D eigenvalue weighted by molar-refractivity contribution is 7.56. The van der Waals surface area contributed by atoms with E-state index < -0.39 is 116 Å². The van der Waals surface area contributed by atoms with Crippen molar-refractivity contribution in [1.82, 2.24) is 0 Å². The normalized spacial score (nSPS) is 15.8. The number of fused-ring (bicyclic) bond motifs is 2. The molecular formula is C41H28F12O6P2. The van der Waals surface area contributed by atoms with Crippen LogP contribution in [0.15, 0.2) is 102 Å². The minimum atomic E-state index is -5.23. The van der Waals surface area contributed by atoms with Crippen LogP contribution in [0.1, 0.15) is 38.3 Å². The molecule has 0 fully saturated rings. The molecule has 3 unspecified atom stereocenters. The SMILES string of the molecule is COC(=O)c1cc2ccccc2c(-c2c(OP(C)C3=CC(C(F)(F)F)=CC(C(F)(F)F)C3)c(C(=O)OC)cc3ccccc23)c1OPc1cc(C(F)(F)F)cc(C(F)(F)F)c1. The van der Waals surface area contributed by atoms with Gasteiger partial charge >= 0.3 is 36.6 Å². The van der Waals surface area contributed by atoms with Crippen molar-refractivity contribution in [2.45, 2.75) is 31.1 Å². The molecule has 6 nitrogen and oxygen atoms in total. The fourth-order valence-electron chi connectivity index (χ4n) is 6.59. The topological polar surface area (TPSA) is 71.1 Å². The Bertz CT molecular complexity index is 2560. The standard InChI is InChI=1S/C41H28F12O6P2/c1-56-36(54)30-12-20-8-4-6-10-28(20)32(34(30)58-60-26-16-22(38(42,43)44)14-23(17-26)39(45,46)47)33-29-11-7-5-9-21(29)13-31(37(55)57-2)35(33)59-61(3)27-18-24(40(48,49)50)15-25(19-27)41(51,52)53/h4-18,25,60H,19H2,1-3H3. The Morgan fingerprint density at radius 3 is 1.59 bits per heavy atom. The van der Waals surface area contributed by atoms with Gasteiger partial charge in [0, 0.05) is 16.4 Å². The Balaban J connectivity index is 1.67. The minimum absolute atomic E-state index is 0.0604. The summed E-state index contributed by atoms with van der Waals surface area (Å²) in [6, 6.07) is 15.5. The molecule has 5 aromatic rings. The average molecular weight is 907 g/mol. The van der Waals surface area contributed by atoms with Crippen LogP contribution in [0.3, 0.4) is 0 Å². The Kier molecular flexibility index (Phi) is 12.5. The largest absolute Gasteiger partial charge is 0.471 e. The van der Waals surface area contributed by atoms with Gasteiger partial charge in [-0.15, -0.1) is 0 Å². The molecule has 322 valence electrons. The molecule has 20 heteroatoms. The number of carbonyl (C=O) groups excluding carboxylic acids is 2. The number of ether oxygens (including phenoxy) is 2. The number of esters is 2. The Morgan fingerprint density at radius 1 is 0.656 bits per heavy atom. The van der Waals surface area contributed by atoms with Gasteiger partial charge in [-0.2, -0.15) is 52.7 Å². The van der Waals surface area contributed by atoms with Gasteiger partial charge in [-0.1, -0.05) is 54.6 Å². The number of methoxy groups -OCH3 is 2. The van der Waals surface area contributed by atoms with E-state index in [0.29, 0.717) is 18.2 Å². The Labute approximate surface area is 340 Å². The molecule has 3 atom stereocenters. The molecule has 0 saturated carbocycles. The lowest BCUT2D eigenvalue weighted by atomic mass is 9.89. The van der Waals surface area contributed by atoms with Crippen LogP contribution in [0.25, 0.3) is 32.7 Å². The molecule has 5 aromatic carbocycles. The van der Waals surface area contributed by atoms with Gasteiger partial charge in [0.2, 0.25) is 0 Å². The van der Waals surface area contributed by atoms with Crippen molar-refractivity contribution in [3.8, 4) is 22.6 Å². The number of hydrogen-bond donors (Lipinski definition) is 0. The second kappa shape index (κ2) is 16.8. The smallest absolute Gasteiger partial charge is 0.416 e. The summed E-state index contributed by atoms with van der Waals surface area (Å²) < 4.78 is 190. The first-order valence-corrected chi connectivity index (χ1v) is 20.0. The summed E-state index contributed by atoms with van der Waals surface area (Å²) in [5.41, 5.74) is -6.00. The third-order valence-electron chi connectivity index (χ3n) is 9.43. The molecule has 61 heavy (non-hydrogen) atoms. The number of rotatable bonds is 9. The molecule has 0 spiro atoms. The maximum absolute atomic E-state index is 14.0. The first kappa shape index (κ1) is 45.2. The van der Waals surface area contributed by atoms with Crippen LogP contribution in [-0.2, 0) is 21.8 Å². The van der Waals surface area contributed by atoms with E-state index >= 15 is 0 Å². The highest BCUT2D eigenvalue weighted by atomic mass is 31.1. The molecule has 1 aliphatic rings. The van der Waals surface area contributed by atoms with Crippen LogP contribution in [0.5, 0.6) is 11.5 Å². The molecule has 0 bridgehead atoms. The maximum atomic E-state index is 14.0. The maximum Gasteiger partial charge on any atom is 0.416 e. The van der Waals surface area contributed by atoms with E-state index in [9.17, 15) is 62.3 Å². The van der Waals surface area contributed by atoms with E-state index in [1.54, 1.807) is 12.1 Å². The molecule has 6 rings (SSSR count). The number of benzene rings is 5. The minimum Gasteiger partial charge on any atom is -0.471 e. The van der Waals surface area contributed by atoms with Crippen LogP contribution < -0.4 is 14.4 Å². The van der Waals surface area contributed by atoms with E-state index in [4.69, 9.17) is 18.5 Å². The van der Waals surface area contributed by atoms with Crippen molar-refractivity contribution in [1.29, 1.82) is 0 Å². The molecule has 0 aromatic heterocycles. The van der Waals surface area contributed by atoms with Crippen LogP contribution in [0.2, 0.25) is 0 Å². The number of halogens is 12. The molecule has 0 heterocycles. The predicted octanol–water partition coefficient (Wildman–Crippen LogP) is 12.9. The summed E-state index contributed by atoms with van der Waals surface area (Å²) in [5, 5.41) is -0.116. The highest BCUT2D eigenvalue weighted by Crippen LogP contribution is 2.57. The van der Waals surface area contributed by atoms with Gasteiger partial charge in [0.15, 0.2) is 0 Å². The Morgan fingerprint density at radius 2 is 1.13 bits per heavy atom. The van der Waals surface area contributed by atoms with Gasteiger partial charge in [0.25, 0.3) is 0 Å². The summed E-state index contributed by atoms with van der Waals surface area (Å²) >= 11 is 0. The average Bonchev–Trinajstić information content (AvgIpc) is 3.20. The summed E-state index contributed by atoms with van der Waals surface area (Å²) in [4.78, 5) is 27.1. The van der Waals surface area contributed by atoms with Crippen molar-refractivity contribution in [2.75, 3.05) is 20.9 Å². The van der Waals surface area contributed by atoms with Gasteiger partial charge in [0.05, 0.1) is 36.8 Å². The van der Waals surface area contributed by atoms with Gasteiger partial charge in [0.1, 0.15) is 39.6 Å². The molecule has 0 aliphatic heterocycles. The van der Waals surface area contributed by atoms with E-state index in [0.717, 1.165) is 14.2 Å². The van der Waals surface area contributed by atoms with Crippen LogP contribution >= 0.6 is 17.0 Å². The summed E-state index contributed by atoms with van der Waals surface area (Å²) in [5.74, 6) is -5.72. The second-order valence-corrected chi connectivity index (χ2v) is 16.1. The molecule has 1 aliphatic carbocycles. The number of alkyl halides is 12. The van der Waals surface area contributed by atoms with Crippen molar-refractivity contribution in [3.05, 3.63) is 124 Å². The summed E-state index contributed by atoms with van der Waals surface area (Å²) in [7, 11) is -1.92. The zero-order valence-electron chi connectivity index (χ0n) is 31.4. The van der Waals surface area contributed by atoms with Gasteiger partial charge in [-0.3, -0.25) is 0 Å². The molecular weight excluding hydrogens is 878 g/mol. The zero-order chi connectivity index (χ0) is 44.8. The van der Waals surface area contributed by atoms with Gasteiger partial charge < -0.3 is 18.5 Å². The monoisotopic (exact) mass is 906 g/mol. The molecule has 0 amide bonds. The molecule has 0 N–H and O–H groups in total. The lowest BCUT2D eigenvalue weighted by Gasteiger charge is -2.29. The predicted molar refractivity (Wildman–Crippen MR) is 204 cm³/mol. The zero-order valence-corrected chi connectivity index (χ0v) is 33.3. The first-order chi connectivity index (χ1) is 28.4. The quantitative estimate of drug-likeness (QED) is 0.0834.